The Hall–Kier alpha value is -1.11. The van der Waals surface area contributed by atoms with Gasteiger partial charge in [0.15, 0.2) is 0 Å². The average Bonchev–Trinajstić information content (AvgIpc) is 2.34. The van der Waals surface area contributed by atoms with Crippen molar-refractivity contribution in [3.8, 4) is 5.75 Å². The summed E-state index contributed by atoms with van der Waals surface area (Å²) in [6, 6.07) is 6.44. The van der Waals surface area contributed by atoms with Crippen LogP contribution in [0.5, 0.6) is 5.75 Å². The van der Waals surface area contributed by atoms with Crippen LogP contribution in [0, 0.1) is 5.92 Å². The van der Waals surface area contributed by atoms with Gasteiger partial charge >= 0.3 is 0 Å². The Morgan fingerprint density at radius 1 is 1.33 bits per heavy atom. The Kier molecular flexibility index (Phi) is 3.89. The number of benzene rings is 1. The molecular formula is C12H18N2O3S. The van der Waals surface area contributed by atoms with E-state index in [0.717, 1.165) is 12.8 Å². The fraction of sp³-hybridized carbons (Fsp3) is 0.500. The first-order chi connectivity index (χ1) is 8.55. The number of nitrogens with one attached hydrogen (secondary N) is 1. The van der Waals surface area contributed by atoms with Crippen molar-refractivity contribution in [1.82, 2.24) is 4.72 Å². The van der Waals surface area contributed by atoms with Crippen molar-refractivity contribution in [1.29, 1.82) is 0 Å². The second-order valence-corrected chi connectivity index (χ2v) is 6.38. The molecule has 3 N–H and O–H groups in total. The van der Waals surface area contributed by atoms with Crippen molar-refractivity contribution in [3.05, 3.63) is 24.3 Å². The SMILES string of the molecule is CNS(=O)(=O)c1ccc(OC2CC(CN)C2)cc1. The highest BCUT2D eigenvalue weighted by molar-refractivity contribution is 7.89. The lowest BCUT2D eigenvalue weighted by Gasteiger charge is -2.34. The zero-order chi connectivity index (χ0) is 13.2. The van der Waals surface area contributed by atoms with E-state index in [2.05, 4.69) is 4.72 Å². The van der Waals surface area contributed by atoms with Gasteiger partial charge in [-0.2, -0.15) is 0 Å². The molecule has 1 aliphatic carbocycles. The van der Waals surface area contributed by atoms with Crippen LogP contribution in [0.1, 0.15) is 12.8 Å². The largest absolute Gasteiger partial charge is 0.490 e. The van der Waals surface area contributed by atoms with E-state index in [4.69, 9.17) is 10.5 Å². The predicted octanol–water partition coefficient (Wildman–Crippen LogP) is 0.711. The molecule has 5 nitrogen and oxygen atoms in total. The summed E-state index contributed by atoms with van der Waals surface area (Å²) in [5.74, 6) is 1.27. The van der Waals surface area contributed by atoms with Gasteiger partial charge in [0.25, 0.3) is 0 Å². The number of hydrogen-bond acceptors (Lipinski definition) is 4. The lowest BCUT2D eigenvalue weighted by Crippen LogP contribution is -2.37. The molecule has 0 atom stereocenters. The maximum Gasteiger partial charge on any atom is 0.240 e. The predicted molar refractivity (Wildman–Crippen MR) is 68.9 cm³/mol. The Balaban J connectivity index is 1.97. The zero-order valence-electron chi connectivity index (χ0n) is 10.3. The quantitative estimate of drug-likeness (QED) is 0.825. The van der Waals surface area contributed by atoms with E-state index in [-0.39, 0.29) is 11.0 Å². The Morgan fingerprint density at radius 3 is 2.44 bits per heavy atom. The molecule has 18 heavy (non-hydrogen) atoms. The molecule has 100 valence electrons. The molecule has 0 spiro atoms. The highest BCUT2D eigenvalue weighted by Gasteiger charge is 2.29. The molecule has 1 fully saturated rings. The van der Waals surface area contributed by atoms with Gasteiger partial charge in [-0.25, -0.2) is 13.1 Å². The molecule has 0 heterocycles. The van der Waals surface area contributed by atoms with E-state index >= 15 is 0 Å². The van der Waals surface area contributed by atoms with Crippen LogP contribution in [0.4, 0.5) is 0 Å². The number of sulfonamides is 1. The standard InChI is InChI=1S/C12H18N2O3S/c1-14-18(15,16)12-4-2-10(3-5-12)17-11-6-9(7-11)8-13/h2-5,9,11,14H,6-8,13H2,1H3. The molecule has 0 bridgehead atoms. The maximum absolute atomic E-state index is 11.5. The summed E-state index contributed by atoms with van der Waals surface area (Å²) in [6.07, 6.45) is 2.17. The van der Waals surface area contributed by atoms with Crippen LogP contribution in [0.15, 0.2) is 29.2 Å². The monoisotopic (exact) mass is 270 g/mol. The highest BCUT2D eigenvalue weighted by Crippen LogP contribution is 2.30. The first-order valence-corrected chi connectivity index (χ1v) is 7.44. The second-order valence-electron chi connectivity index (χ2n) is 4.49. The summed E-state index contributed by atoms with van der Waals surface area (Å²) in [7, 11) is -1.98. The Labute approximate surface area is 107 Å². The Bertz CT molecular complexity index is 493. The van der Waals surface area contributed by atoms with Crippen LogP contribution in [0.2, 0.25) is 0 Å². The van der Waals surface area contributed by atoms with E-state index in [0.29, 0.717) is 18.2 Å². The second kappa shape index (κ2) is 5.26. The van der Waals surface area contributed by atoms with Crippen LogP contribution >= 0.6 is 0 Å². The molecule has 1 aromatic rings. The number of ether oxygens (including phenoxy) is 1. The summed E-state index contributed by atoms with van der Waals surface area (Å²) in [6.45, 7) is 0.708. The van der Waals surface area contributed by atoms with E-state index in [1.54, 1.807) is 24.3 Å². The van der Waals surface area contributed by atoms with Crippen LogP contribution in [-0.4, -0.2) is 28.1 Å². The minimum absolute atomic E-state index is 0.213. The smallest absolute Gasteiger partial charge is 0.240 e. The molecule has 1 aliphatic rings. The van der Waals surface area contributed by atoms with E-state index in [9.17, 15) is 8.42 Å². The molecule has 1 aromatic carbocycles. The molecule has 0 radical (unpaired) electrons. The lowest BCUT2D eigenvalue weighted by molar-refractivity contribution is 0.0690. The highest BCUT2D eigenvalue weighted by atomic mass is 32.2. The van der Waals surface area contributed by atoms with Gasteiger partial charge in [-0.15, -0.1) is 0 Å². The summed E-state index contributed by atoms with van der Waals surface area (Å²) >= 11 is 0. The van der Waals surface area contributed by atoms with Gasteiger partial charge in [0, 0.05) is 0 Å². The number of hydrogen-bond donors (Lipinski definition) is 2. The molecule has 6 heteroatoms. The first-order valence-electron chi connectivity index (χ1n) is 5.95. The number of nitrogens with two attached hydrogens (primary N) is 1. The molecule has 0 aromatic heterocycles. The third kappa shape index (κ3) is 2.82. The molecule has 1 saturated carbocycles. The van der Waals surface area contributed by atoms with Crippen molar-refractivity contribution < 1.29 is 13.2 Å². The van der Waals surface area contributed by atoms with Gasteiger partial charge in [-0.1, -0.05) is 0 Å². The third-order valence-electron chi connectivity index (χ3n) is 3.23. The first kappa shape index (κ1) is 13.3. The minimum Gasteiger partial charge on any atom is -0.490 e. The van der Waals surface area contributed by atoms with E-state index in [1.807, 2.05) is 0 Å². The van der Waals surface area contributed by atoms with Gasteiger partial charge in [0.05, 0.1) is 11.0 Å². The average molecular weight is 270 g/mol. The fourth-order valence-corrected chi connectivity index (χ4v) is 2.70. The van der Waals surface area contributed by atoms with Gasteiger partial charge < -0.3 is 10.5 Å². The van der Waals surface area contributed by atoms with Crippen LogP contribution in [-0.2, 0) is 10.0 Å². The van der Waals surface area contributed by atoms with Crippen LogP contribution in [0.25, 0.3) is 0 Å². The summed E-state index contributed by atoms with van der Waals surface area (Å²) < 4.78 is 31.0. The molecule has 0 unspecified atom stereocenters. The minimum atomic E-state index is -3.37. The maximum atomic E-state index is 11.5. The molecular weight excluding hydrogens is 252 g/mol. The van der Waals surface area contributed by atoms with Crippen molar-refractivity contribution in [3.63, 3.8) is 0 Å². The van der Waals surface area contributed by atoms with Gasteiger partial charge in [-0.05, 0) is 56.6 Å². The van der Waals surface area contributed by atoms with E-state index < -0.39 is 10.0 Å². The van der Waals surface area contributed by atoms with Crippen molar-refractivity contribution in [2.24, 2.45) is 11.7 Å². The Morgan fingerprint density at radius 2 is 1.94 bits per heavy atom. The van der Waals surface area contributed by atoms with Gasteiger partial charge in [0.2, 0.25) is 10.0 Å². The summed E-state index contributed by atoms with van der Waals surface area (Å²) in [4.78, 5) is 0.241. The molecule has 2 rings (SSSR count). The normalized spacial score (nSPS) is 23.4. The topological polar surface area (TPSA) is 81.4 Å². The van der Waals surface area contributed by atoms with Crippen molar-refractivity contribution >= 4 is 10.0 Å². The molecule has 0 saturated heterocycles. The zero-order valence-corrected chi connectivity index (χ0v) is 11.1. The summed E-state index contributed by atoms with van der Waals surface area (Å²) in [5, 5.41) is 0. The molecule has 0 aliphatic heterocycles. The van der Waals surface area contributed by atoms with Gasteiger partial charge in [-0.3, -0.25) is 0 Å². The van der Waals surface area contributed by atoms with Crippen molar-refractivity contribution in [2.45, 2.75) is 23.8 Å². The summed E-state index contributed by atoms with van der Waals surface area (Å²) in [5.41, 5.74) is 5.54. The van der Waals surface area contributed by atoms with Crippen LogP contribution in [0.3, 0.4) is 0 Å². The lowest BCUT2D eigenvalue weighted by atomic mass is 9.82. The number of rotatable bonds is 5. The third-order valence-corrected chi connectivity index (χ3v) is 4.66. The van der Waals surface area contributed by atoms with Gasteiger partial charge in [0.1, 0.15) is 5.75 Å². The van der Waals surface area contributed by atoms with E-state index in [1.165, 1.54) is 7.05 Å². The van der Waals surface area contributed by atoms with Crippen LogP contribution < -0.4 is 15.2 Å². The van der Waals surface area contributed by atoms with Crippen molar-refractivity contribution in [2.75, 3.05) is 13.6 Å². The fourth-order valence-electron chi connectivity index (χ4n) is 1.97. The molecule has 0 amide bonds.